The maximum atomic E-state index is 10.8. The molecule has 1 heterocycles. The number of benzene rings is 1. The summed E-state index contributed by atoms with van der Waals surface area (Å²) in [6.45, 7) is 0. The van der Waals surface area contributed by atoms with Crippen LogP contribution in [0.5, 0.6) is 5.75 Å². The van der Waals surface area contributed by atoms with Gasteiger partial charge in [-0.25, -0.2) is 9.89 Å². The molecule has 0 unspecified atom stereocenters. The molecule has 0 saturated heterocycles. The number of hydrogen-bond acceptors (Lipinski definition) is 6. The molecule has 86 valence electrons. The van der Waals surface area contributed by atoms with Gasteiger partial charge in [-0.3, -0.25) is 5.43 Å². The van der Waals surface area contributed by atoms with Crippen molar-refractivity contribution in [2.45, 2.75) is 0 Å². The molecular weight excluding hydrogens is 222 g/mol. The van der Waals surface area contributed by atoms with Crippen molar-refractivity contribution < 1.29 is 5.11 Å². The Labute approximate surface area is 95.9 Å². The number of phenolic OH excluding ortho intramolecular Hbond substituents is 1. The summed E-state index contributed by atoms with van der Waals surface area (Å²) in [7, 11) is 0. The lowest BCUT2D eigenvalue weighted by Gasteiger charge is -1.96. The molecule has 0 aliphatic rings. The van der Waals surface area contributed by atoms with Gasteiger partial charge in [-0.1, -0.05) is 0 Å². The zero-order chi connectivity index (χ0) is 12.1. The zero-order valence-electron chi connectivity index (χ0n) is 8.66. The predicted molar refractivity (Wildman–Crippen MR) is 62.0 cm³/mol. The van der Waals surface area contributed by atoms with Crippen molar-refractivity contribution in [3.8, 4) is 5.75 Å². The first-order valence-corrected chi connectivity index (χ1v) is 4.74. The molecular formula is C10H9N5O2. The van der Waals surface area contributed by atoms with E-state index in [1.807, 2.05) is 0 Å². The Morgan fingerprint density at radius 2 is 2.12 bits per heavy atom. The van der Waals surface area contributed by atoms with Crippen LogP contribution in [0.15, 0.2) is 40.4 Å². The van der Waals surface area contributed by atoms with E-state index in [1.165, 1.54) is 12.4 Å². The van der Waals surface area contributed by atoms with E-state index in [1.54, 1.807) is 24.3 Å². The number of rotatable bonds is 3. The van der Waals surface area contributed by atoms with Gasteiger partial charge < -0.3 is 5.11 Å². The first kappa shape index (κ1) is 10.8. The number of aromatic hydroxyl groups is 1. The molecule has 0 radical (unpaired) electrons. The molecule has 1 aromatic heterocycles. The van der Waals surface area contributed by atoms with Crippen molar-refractivity contribution in [3.05, 3.63) is 46.5 Å². The van der Waals surface area contributed by atoms with Crippen LogP contribution in [0.2, 0.25) is 0 Å². The maximum Gasteiger partial charge on any atom is 0.363 e. The molecule has 7 heteroatoms. The summed E-state index contributed by atoms with van der Waals surface area (Å²) in [5.74, 6) is 0.444. The number of nitrogens with one attached hydrogen (secondary N) is 2. The summed E-state index contributed by atoms with van der Waals surface area (Å²) in [4.78, 5) is 14.4. The molecule has 2 aromatic rings. The minimum Gasteiger partial charge on any atom is -0.508 e. The summed E-state index contributed by atoms with van der Waals surface area (Å²) in [6, 6.07) is 6.50. The summed E-state index contributed by atoms with van der Waals surface area (Å²) in [5, 5.41) is 18.6. The van der Waals surface area contributed by atoms with Crippen LogP contribution in [0.3, 0.4) is 0 Å². The maximum absolute atomic E-state index is 10.8. The lowest BCUT2D eigenvalue weighted by atomic mass is 10.2. The quantitative estimate of drug-likeness (QED) is 0.521. The van der Waals surface area contributed by atoms with Gasteiger partial charge in [0.2, 0.25) is 0 Å². The minimum atomic E-state index is -0.546. The lowest BCUT2D eigenvalue weighted by Crippen LogP contribution is -2.13. The summed E-state index contributed by atoms with van der Waals surface area (Å²) in [6.07, 6.45) is 2.87. The number of phenols is 1. The molecule has 0 spiro atoms. The molecule has 1 aromatic carbocycles. The van der Waals surface area contributed by atoms with Gasteiger partial charge in [-0.05, 0) is 29.8 Å². The molecule has 0 atom stereocenters. The fraction of sp³-hybridized carbons (Fsp3) is 0. The Morgan fingerprint density at radius 1 is 1.35 bits per heavy atom. The van der Waals surface area contributed by atoms with Crippen molar-refractivity contribution in [2.24, 2.45) is 5.10 Å². The van der Waals surface area contributed by atoms with Crippen LogP contribution in [-0.2, 0) is 0 Å². The van der Waals surface area contributed by atoms with Crippen LogP contribution in [0.1, 0.15) is 5.56 Å². The highest BCUT2D eigenvalue weighted by molar-refractivity contribution is 5.80. The molecule has 17 heavy (non-hydrogen) atoms. The largest absolute Gasteiger partial charge is 0.508 e. The predicted octanol–water partition coefficient (Wildman–Crippen LogP) is 0.316. The SMILES string of the molecule is O=c1nc(N/N=C\c2ccc(O)cc2)cn[nH]1. The topological polar surface area (TPSA) is 103 Å². The van der Waals surface area contributed by atoms with Gasteiger partial charge in [0, 0.05) is 0 Å². The number of hydrazone groups is 1. The fourth-order valence-corrected chi connectivity index (χ4v) is 1.10. The van der Waals surface area contributed by atoms with Crippen molar-refractivity contribution in [1.82, 2.24) is 15.2 Å². The third-order valence-corrected chi connectivity index (χ3v) is 1.85. The number of nitrogens with zero attached hydrogens (tertiary/aromatic N) is 3. The number of anilines is 1. The van der Waals surface area contributed by atoms with Crippen molar-refractivity contribution in [1.29, 1.82) is 0 Å². The van der Waals surface area contributed by atoms with Crippen LogP contribution >= 0.6 is 0 Å². The van der Waals surface area contributed by atoms with Gasteiger partial charge in [0.15, 0.2) is 5.82 Å². The molecule has 0 bridgehead atoms. The van der Waals surface area contributed by atoms with E-state index in [2.05, 4.69) is 25.7 Å². The van der Waals surface area contributed by atoms with Crippen LogP contribution in [0, 0.1) is 0 Å². The van der Waals surface area contributed by atoms with Gasteiger partial charge >= 0.3 is 5.69 Å². The third-order valence-electron chi connectivity index (χ3n) is 1.85. The number of H-pyrrole nitrogens is 1. The second-order valence-corrected chi connectivity index (χ2v) is 3.13. The van der Waals surface area contributed by atoms with E-state index in [0.29, 0.717) is 0 Å². The van der Waals surface area contributed by atoms with Crippen molar-refractivity contribution in [3.63, 3.8) is 0 Å². The molecule has 0 aliphatic carbocycles. The minimum absolute atomic E-state index is 0.190. The molecule has 2 rings (SSSR count). The van der Waals surface area contributed by atoms with Crippen LogP contribution in [0.25, 0.3) is 0 Å². The fourth-order valence-electron chi connectivity index (χ4n) is 1.10. The summed E-state index contributed by atoms with van der Waals surface area (Å²) >= 11 is 0. The van der Waals surface area contributed by atoms with E-state index in [9.17, 15) is 4.79 Å². The van der Waals surface area contributed by atoms with E-state index < -0.39 is 5.69 Å². The lowest BCUT2D eigenvalue weighted by molar-refractivity contribution is 0.475. The van der Waals surface area contributed by atoms with E-state index in [4.69, 9.17) is 5.11 Å². The Morgan fingerprint density at radius 3 is 2.82 bits per heavy atom. The Kier molecular flexibility index (Phi) is 3.10. The average Bonchev–Trinajstić information content (AvgIpc) is 2.32. The van der Waals surface area contributed by atoms with E-state index in [0.717, 1.165) is 5.56 Å². The van der Waals surface area contributed by atoms with Gasteiger partial charge in [0.25, 0.3) is 0 Å². The standard InChI is InChI=1S/C10H9N5O2/c16-8-3-1-7(2-4-8)5-11-14-9-6-12-15-10(17)13-9/h1-6,16H,(H2,13,14,15,17)/b11-5-. The van der Waals surface area contributed by atoms with Gasteiger partial charge in [-0.2, -0.15) is 15.2 Å². The van der Waals surface area contributed by atoms with Crippen LogP contribution in [-0.4, -0.2) is 26.5 Å². The highest BCUT2D eigenvalue weighted by Crippen LogP contribution is 2.07. The summed E-state index contributed by atoms with van der Waals surface area (Å²) in [5.41, 5.74) is 2.81. The highest BCUT2D eigenvalue weighted by Gasteiger charge is 1.92. The molecule has 3 N–H and O–H groups in total. The molecule has 0 fully saturated rings. The van der Waals surface area contributed by atoms with Crippen molar-refractivity contribution in [2.75, 3.05) is 5.43 Å². The zero-order valence-corrected chi connectivity index (χ0v) is 8.66. The van der Waals surface area contributed by atoms with Crippen LogP contribution in [0.4, 0.5) is 5.82 Å². The smallest absolute Gasteiger partial charge is 0.363 e. The normalized spacial score (nSPS) is 10.6. The van der Waals surface area contributed by atoms with E-state index >= 15 is 0 Å². The average molecular weight is 231 g/mol. The van der Waals surface area contributed by atoms with Crippen molar-refractivity contribution >= 4 is 12.0 Å². The van der Waals surface area contributed by atoms with Crippen LogP contribution < -0.4 is 11.1 Å². The molecule has 7 nitrogen and oxygen atoms in total. The second-order valence-electron chi connectivity index (χ2n) is 3.13. The second kappa shape index (κ2) is 4.88. The number of aromatic nitrogens is 3. The highest BCUT2D eigenvalue weighted by atomic mass is 16.3. The molecule has 0 amide bonds. The number of aromatic amines is 1. The Hall–Kier alpha value is -2.70. The first-order valence-electron chi connectivity index (χ1n) is 4.74. The van der Waals surface area contributed by atoms with E-state index in [-0.39, 0.29) is 11.6 Å². The van der Waals surface area contributed by atoms with Gasteiger partial charge in [0.05, 0.1) is 12.4 Å². The Balaban J connectivity index is 2.02. The Bertz CT molecular complexity index is 576. The van der Waals surface area contributed by atoms with Gasteiger partial charge in [0.1, 0.15) is 5.75 Å². The first-order chi connectivity index (χ1) is 8.24. The van der Waals surface area contributed by atoms with Gasteiger partial charge in [-0.15, -0.1) is 0 Å². The summed E-state index contributed by atoms with van der Waals surface area (Å²) < 4.78 is 0. The number of hydrogen-bond donors (Lipinski definition) is 3. The monoisotopic (exact) mass is 231 g/mol. The molecule has 0 saturated carbocycles. The third kappa shape index (κ3) is 3.13. The molecule has 0 aliphatic heterocycles.